The van der Waals surface area contributed by atoms with E-state index in [4.69, 9.17) is 10.5 Å². The van der Waals surface area contributed by atoms with E-state index in [1.165, 1.54) is 0 Å². The molecule has 1 aromatic rings. The molecule has 1 fully saturated rings. The minimum absolute atomic E-state index is 0.0838. The highest BCUT2D eigenvalue weighted by Crippen LogP contribution is 2.25. The lowest BCUT2D eigenvalue weighted by Crippen LogP contribution is -2.52. The number of rotatable bonds is 6. The minimum atomic E-state index is -0.367. The van der Waals surface area contributed by atoms with Gasteiger partial charge in [0.1, 0.15) is 11.5 Å². The van der Waals surface area contributed by atoms with E-state index in [9.17, 15) is 9.59 Å². The summed E-state index contributed by atoms with van der Waals surface area (Å²) in [6.07, 6.45) is 2.39. The summed E-state index contributed by atoms with van der Waals surface area (Å²) in [6, 6.07) is 5.14. The van der Waals surface area contributed by atoms with Gasteiger partial charge in [0.2, 0.25) is 5.91 Å². The van der Waals surface area contributed by atoms with Crippen LogP contribution in [0.3, 0.4) is 0 Å². The van der Waals surface area contributed by atoms with Crippen molar-refractivity contribution in [3.63, 3.8) is 0 Å². The van der Waals surface area contributed by atoms with Gasteiger partial charge in [-0.3, -0.25) is 9.59 Å². The molecule has 2 amide bonds. The van der Waals surface area contributed by atoms with Crippen LogP contribution < -0.4 is 11.1 Å². The van der Waals surface area contributed by atoms with Crippen molar-refractivity contribution in [1.82, 2.24) is 9.88 Å². The number of primary amides is 1. The summed E-state index contributed by atoms with van der Waals surface area (Å²) < 4.78 is 5.52. The number of hydrogen-bond donors (Lipinski definition) is 2. The molecule has 2 atom stereocenters. The van der Waals surface area contributed by atoms with E-state index in [1.54, 1.807) is 37.3 Å². The summed E-state index contributed by atoms with van der Waals surface area (Å²) in [5.74, 6) is 0.135. The van der Waals surface area contributed by atoms with Crippen LogP contribution in [-0.2, 0) is 9.53 Å². The molecule has 0 saturated carbocycles. The number of piperidine rings is 1. The van der Waals surface area contributed by atoms with Gasteiger partial charge in [0.05, 0.1) is 12.1 Å². The number of nitrogens with two attached hydrogens (primary N) is 1. The van der Waals surface area contributed by atoms with Crippen molar-refractivity contribution in [1.29, 1.82) is 0 Å². The molecule has 0 radical (unpaired) electrons. The number of ether oxygens (including phenoxy) is 1. The summed E-state index contributed by atoms with van der Waals surface area (Å²) >= 11 is 0. The fraction of sp³-hybridized carbons (Fsp3) is 0.562. The van der Waals surface area contributed by atoms with Gasteiger partial charge in [-0.25, -0.2) is 4.98 Å². The summed E-state index contributed by atoms with van der Waals surface area (Å²) in [4.78, 5) is 30.1. The second-order valence-corrected chi connectivity index (χ2v) is 5.65. The second kappa shape index (κ2) is 7.92. The Morgan fingerprint density at radius 2 is 2.26 bits per heavy atom. The Labute approximate surface area is 136 Å². The molecule has 3 N–H and O–H groups in total. The molecule has 1 saturated heterocycles. The van der Waals surface area contributed by atoms with Gasteiger partial charge in [0.15, 0.2) is 0 Å². The third-order valence-electron chi connectivity index (χ3n) is 4.19. The Balaban J connectivity index is 2.21. The molecule has 23 heavy (non-hydrogen) atoms. The van der Waals surface area contributed by atoms with E-state index in [0.29, 0.717) is 24.5 Å². The molecule has 126 valence electrons. The molecule has 2 heterocycles. The zero-order chi connectivity index (χ0) is 16.8. The number of carbonyl (C=O) groups excluding carboxylic acids is 2. The fourth-order valence-electron chi connectivity index (χ4n) is 3.02. The number of amides is 2. The average Bonchev–Trinajstić information content (AvgIpc) is 2.58. The smallest absolute Gasteiger partial charge is 0.272 e. The first-order valence-electron chi connectivity index (χ1n) is 7.83. The summed E-state index contributed by atoms with van der Waals surface area (Å²) in [6.45, 7) is 0.633. The third kappa shape index (κ3) is 4.19. The van der Waals surface area contributed by atoms with Crippen molar-refractivity contribution in [3.8, 4) is 0 Å². The van der Waals surface area contributed by atoms with Gasteiger partial charge in [-0.1, -0.05) is 6.07 Å². The molecule has 1 aromatic heterocycles. The summed E-state index contributed by atoms with van der Waals surface area (Å²) in [5, 5.41) is 2.93. The van der Waals surface area contributed by atoms with E-state index in [1.807, 2.05) is 0 Å². The standard InChI is InChI=1S/C16H24N4O3/c1-18-15-7-3-5-11(19-15)16(22)20-10-4-6-13(23-2)12(20)8-9-14(17)21/h3,5,7,12-13H,4,6,8-10H2,1-2H3,(H2,17,21)(H,18,19)/t12-,13-/m0/s1. The van der Waals surface area contributed by atoms with Gasteiger partial charge < -0.3 is 20.7 Å². The Morgan fingerprint density at radius 3 is 2.91 bits per heavy atom. The largest absolute Gasteiger partial charge is 0.379 e. The maximum Gasteiger partial charge on any atom is 0.272 e. The van der Waals surface area contributed by atoms with E-state index in [-0.39, 0.29) is 30.4 Å². The van der Waals surface area contributed by atoms with Gasteiger partial charge in [-0.05, 0) is 31.4 Å². The van der Waals surface area contributed by atoms with Crippen LogP contribution in [0.4, 0.5) is 5.82 Å². The first kappa shape index (κ1) is 17.2. The number of pyridine rings is 1. The maximum atomic E-state index is 12.8. The van der Waals surface area contributed by atoms with Crippen molar-refractivity contribution < 1.29 is 14.3 Å². The van der Waals surface area contributed by atoms with Gasteiger partial charge >= 0.3 is 0 Å². The van der Waals surface area contributed by atoms with Crippen LogP contribution in [0.15, 0.2) is 18.2 Å². The van der Waals surface area contributed by atoms with Crippen LogP contribution in [-0.4, -0.2) is 54.5 Å². The Kier molecular flexibility index (Phi) is 5.92. The van der Waals surface area contributed by atoms with Crippen LogP contribution in [0.5, 0.6) is 0 Å². The van der Waals surface area contributed by atoms with Crippen molar-refractivity contribution in [2.24, 2.45) is 5.73 Å². The zero-order valence-corrected chi connectivity index (χ0v) is 13.6. The number of hydrogen-bond acceptors (Lipinski definition) is 5. The molecule has 1 aliphatic heterocycles. The number of carbonyl (C=O) groups is 2. The fourth-order valence-corrected chi connectivity index (χ4v) is 3.02. The first-order valence-corrected chi connectivity index (χ1v) is 7.83. The van der Waals surface area contributed by atoms with Crippen LogP contribution in [0.2, 0.25) is 0 Å². The number of likely N-dealkylation sites (tertiary alicyclic amines) is 1. The molecule has 2 rings (SSSR count). The molecule has 7 nitrogen and oxygen atoms in total. The highest BCUT2D eigenvalue weighted by atomic mass is 16.5. The zero-order valence-electron chi connectivity index (χ0n) is 13.6. The first-order chi connectivity index (χ1) is 11.1. The average molecular weight is 320 g/mol. The topological polar surface area (TPSA) is 97.5 Å². The van der Waals surface area contributed by atoms with E-state index >= 15 is 0 Å². The lowest BCUT2D eigenvalue weighted by Gasteiger charge is -2.40. The lowest BCUT2D eigenvalue weighted by molar-refractivity contribution is -0.118. The molecule has 0 aromatic carbocycles. The van der Waals surface area contributed by atoms with Gasteiger partial charge in [-0.2, -0.15) is 0 Å². The van der Waals surface area contributed by atoms with Crippen molar-refractivity contribution in [2.45, 2.75) is 37.8 Å². The highest BCUT2D eigenvalue weighted by Gasteiger charge is 2.35. The van der Waals surface area contributed by atoms with Crippen LogP contribution in [0.1, 0.15) is 36.2 Å². The predicted octanol–water partition coefficient (Wildman–Crippen LogP) is 1.01. The summed E-state index contributed by atoms with van der Waals surface area (Å²) in [5.41, 5.74) is 5.65. The van der Waals surface area contributed by atoms with Crippen molar-refractivity contribution >= 4 is 17.6 Å². The number of aromatic nitrogens is 1. The number of methoxy groups -OCH3 is 1. The summed E-state index contributed by atoms with van der Waals surface area (Å²) in [7, 11) is 3.39. The molecule has 0 unspecified atom stereocenters. The van der Waals surface area contributed by atoms with Crippen LogP contribution in [0.25, 0.3) is 0 Å². The Morgan fingerprint density at radius 1 is 1.48 bits per heavy atom. The van der Waals surface area contributed by atoms with Crippen molar-refractivity contribution in [3.05, 3.63) is 23.9 Å². The minimum Gasteiger partial charge on any atom is -0.379 e. The number of nitrogens with zero attached hydrogens (tertiary/aromatic N) is 2. The lowest BCUT2D eigenvalue weighted by atomic mass is 9.94. The number of nitrogens with one attached hydrogen (secondary N) is 1. The normalized spacial score (nSPS) is 21.0. The van der Waals surface area contributed by atoms with Crippen LogP contribution >= 0.6 is 0 Å². The molecule has 0 spiro atoms. The predicted molar refractivity (Wildman–Crippen MR) is 87.1 cm³/mol. The molecule has 1 aliphatic rings. The van der Waals surface area contributed by atoms with Gasteiger partial charge in [0, 0.05) is 27.1 Å². The molecular weight excluding hydrogens is 296 g/mol. The third-order valence-corrected chi connectivity index (χ3v) is 4.19. The van der Waals surface area contributed by atoms with E-state index < -0.39 is 0 Å². The Bertz CT molecular complexity index is 564. The maximum absolute atomic E-state index is 12.8. The van der Waals surface area contributed by atoms with E-state index in [0.717, 1.165) is 12.8 Å². The second-order valence-electron chi connectivity index (χ2n) is 5.65. The molecule has 0 bridgehead atoms. The van der Waals surface area contributed by atoms with Gasteiger partial charge in [-0.15, -0.1) is 0 Å². The SMILES string of the molecule is CNc1cccc(C(=O)N2CCC[C@H](OC)[C@@H]2CCC(N)=O)n1. The van der Waals surface area contributed by atoms with Crippen molar-refractivity contribution in [2.75, 3.05) is 26.0 Å². The highest BCUT2D eigenvalue weighted by molar-refractivity contribution is 5.93. The monoisotopic (exact) mass is 320 g/mol. The molecule has 7 heteroatoms. The van der Waals surface area contributed by atoms with Gasteiger partial charge in [0.25, 0.3) is 5.91 Å². The molecule has 0 aliphatic carbocycles. The molecular formula is C16H24N4O3. The van der Waals surface area contributed by atoms with Crippen LogP contribution in [0, 0.1) is 0 Å². The Hall–Kier alpha value is -2.15. The quantitative estimate of drug-likeness (QED) is 0.815. The number of anilines is 1. The van der Waals surface area contributed by atoms with E-state index in [2.05, 4.69) is 10.3 Å².